The third-order valence-corrected chi connectivity index (χ3v) is 0. The van der Waals surface area contributed by atoms with Crippen LogP contribution in [0.5, 0.6) is 0 Å². The Bertz CT molecular complexity index is 40.3. The van der Waals surface area contributed by atoms with Crippen LogP contribution in [-0.4, -0.2) is 16.4 Å². The average Bonchev–Trinajstić information content (AvgIpc) is 0.811. The minimum atomic E-state index is -1.83. The zero-order valence-corrected chi connectivity index (χ0v) is 11.2. The smallest absolute Gasteiger partial charge is 1.00 e. The fourth-order valence-electron chi connectivity index (χ4n) is 0. The molecule has 0 amide bonds. The fourth-order valence-corrected chi connectivity index (χ4v) is 0. The number of halogens is 2. The Kier molecular flexibility index (Phi) is 88.9. The van der Waals surface area contributed by atoms with E-state index in [1.807, 2.05) is 0 Å². The van der Waals surface area contributed by atoms with Crippen molar-refractivity contribution in [2.24, 2.45) is 0 Å². The Morgan fingerprint density at radius 2 is 1.12 bits per heavy atom. The van der Waals surface area contributed by atoms with Gasteiger partial charge in [0.05, 0.1) is 0 Å². The van der Waals surface area contributed by atoms with Crippen molar-refractivity contribution in [1.29, 1.82) is 0 Å². The molecule has 0 aromatic rings. The molecule has 0 rings (SSSR count). The first-order chi connectivity index (χ1) is 1.73. The molecule has 0 atom stereocenters. The normalized spacial score (nSPS) is 3.00. The number of carbonyl (C=O) groups is 1. The van der Waals surface area contributed by atoms with E-state index in [4.69, 9.17) is 15.0 Å². The molecule has 0 spiro atoms. The second-order valence-electron chi connectivity index (χ2n) is 0.283. The molecule has 0 aliphatic heterocycles. The van der Waals surface area contributed by atoms with Gasteiger partial charge in [-0.05, 0) is 0 Å². The van der Waals surface area contributed by atoms with Crippen molar-refractivity contribution < 1.29 is 121 Å². The summed E-state index contributed by atoms with van der Waals surface area (Å²) in [7, 11) is 0. The molecule has 0 unspecified atom stereocenters. The van der Waals surface area contributed by atoms with Crippen molar-refractivity contribution in [3.63, 3.8) is 0 Å². The van der Waals surface area contributed by atoms with E-state index >= 15 is 0 Å². The maximum atomic E-state index is 8.56. The van der Waals surface area contributed by atoms with Crippen LogP contribution >= 0.6 is 0 Å². The summed E-state index contributed by atoms with van der Waals surface area (Å²) < 4.78 is 0. The molecule has 0 bridgehead atoms. The van der Waals surface area contributed by atoms with E-state index in [-0.39, 0.29) is 106 Å². The summed E-state index contributed by atoms with van der Waals surface area (Å²) >= 11 is 0. The summed E-state index contributed by atoms with van der Waals surface area (Å²) in [5.74, 6) is 0. The molecule has 0 aliphatic rings. The van der Waals surface area contributed by atoms with Gasteiger partial charge in [0, 0.05) is 0 Å². The maximum absolute atomic E-state index is 8.56. The predicted molar refractivity (Wildman–Crippen MR) is 10.7 cm³/mol. The van der Waals surface area contributed by atoms with Crippen molar-refractivity contribution in [2.45, 2.75) is 0 Å². The van der Waals surface area contributed by atoms with Crippen LogP contribution in [-0.2, 0) is 0 Å². The molecule has 0 saturated carbocycles. The van der Waals surface area contributed by atoms with E-state index in [2.05, 4.69) is 0 Å². The monoisotopic (exact) mass is 194 g/mol. The molecule has 0 saturated heterocycles. The summed E-state index contributed by atoms with van der Waals surface area (Å²) in [6.07, 6.45) is -1.83. The van der Waals surface area contributed by atoms with Crippen LogP contribution in [0.4, 0.5) is 4.79 Å². The second-order valence-corrected chi connectivity index (χ2v) is 0.283. The van der Waals surface area contributed by atoms with Gasteiger partial charge in [0.25, 0.3) is 0 Å². The quantitative estimate of drug-likeness (QED) is 0.377. The molecule has 3 nitrogen and oxygen atoms in total. The van der Waals surface area contributed by atoms with Crippen molar-refractivity contribution in [2.75, 3.05) is 0 Å². The van der Waals surface area contributed by atoms with E-state index in [0.717, 1.165) is 0 Å². The molecule has 2 N–H and O–H groups in total. The molecular weight excluding hydrogens is 193 g/mol. The zero-order valence-electron chi connectivity index (χ0n) is 4.56. The van der Waals surface area contributed by atoms with Crippen LogP contribution in [0.1, 0.15) is 0 Å². The number of hydrogen-bond donors (Lipinski definition) is 2. The van der Waals surface area contributed by atoms with E-state index in [1.54, 1.807) is 0 Å². The second kappa shape index (κ2) is 22.7. The molecule has 0 radical (unpaired) electrons. The van der Waals surface area contributed by atoms with Gasteiger partial charge in [0.15, 0.2) is 0 Å². The Morgan fingerprint density at radius 1 is 1.12 bits per heavy atom. The van der Waals surface area contributed by atoms with Crippen molar-refractivity contribution in [3.05, 3.63) is 0 Å². The minimum absolute atomic E-state index is 0. The molecule has 7 heteroatoms. The van der Waals surface area contributed by atoms with Gasteiger partial charge in [-0.25, -0.2) is 4.79 Å². The number of rotatable bonds is 0. The van der Waals surface area contributed by atoms with Crippen molar-refractivity contribution in [3.8, 4) is 0 Å². The van der Waals surface area contributed by atoms with Gasteiger partial charge >= 0.3 is 87.1 Å². The van der Waals surface area contributed by atoms with Crippen molar-refractivity contribution in [1.82, 2.24) is 0 Å². The molecule has 0 fully saturated rings. The van der Waals surface area contributed by atoms with Crippen LogP contribution in [0.2, 0.25) is 0 Å². The standard InChI is InChI=1S/CH2O3.2ClH.K.Na/c2-1(3)4;;;;/h(H2,2,3,4);2*1H;;/q;;;2*+1/p-2. The third kappa shape index (κ3) is 76.9. The van der Waals surface area contributed by atoms with Crippen LogP contribution in [0.3, 0.4) is 0 Å². The SMILES string of the molecule is O=C(O)O.[Cl-].[Cl-].[K+].[Na+]. The van der Waals surface area contributed by atoms with E-state index in [0.29, 0.717) is 0 Å². The van der Waals surface area contributed by atoms with E-state index in [1.165, 1.54) is 0 Å². The Morgan fingerprint density at radius 3 is 1.12 bits per heavy atom. The van der Waals surface area contributed by atoms with E-state index < -0.39 is 6.16 Å². The van der Waals surface area contributed by atoms with Gasteiger partial charge in [-0.15, -0.1) is 0 Å². The Hall–Kier alpha value is 2.49. The average molecular weight is 195 g/mol. The summed E-state index contributed by atoms with van der Waals surface area (Å²) in [6, 6.07) is 0. The Labute approximate surface area is 124 Å². The first kappa shape index (κ1) is 31.4. The summed E-state index contributed by atoms with van der Waals surface area (Å²) in [5, 5.41) is 13.9. The molecule has 40 valence electrons. The summed E-state index contributed by atoms with van der Waals surface area (Å²) in [6.45, 7) is 0. The summed E-state index contributed by atoms with van der Waals surface area (Å²) in [4.78, 5) is 8.56. The molecular formula is CH2Cl2KNaO3. The van der Waals surface area contributed by atoms with Gasteiger partial charge in [0.1, 0.15) is 0 Å². The molecule has 0 aromatic carbocycles. The van der Waals surface area contributed by atoms with Crippen LogP contribution in [0, 0.1) is 0 Å². The van der Waals surface area contributed by atoms with Gasteiger partial charge in [-0.3, -0.25) is 0 Å². The Balaban J connectivity index is -0.00000000750. The minimum Gasteiger partial charge on any atom is -1.00 e. The molecule has 0 heterocycles. The van der Waals surface area contributed by atoms with Crippen LogP contribution < -0.4 is 106 Å². The molecule has 0 aliphatic carbocycles. The number of hydrogen-bond acceptors (Lipinski definition) is 1. The van der Waals surface area contributed by atoms with Gasteiger partial charge in [-0.1, -0.05) is 0 Å². The molecule has 8 heavy (non-hydrogen) atoms. The van der Waals surface area contributed by atoms with Crippen LogP contribution in [0.15, 0.2) is 0 Å². The topological polar surface area (TPSA) is 57.5 Å². The number of carboxylic acid groups (broad SMARTS) is 2. The third-order valence-electron chi connectivity index (χ3n) is 0. The first-order valence-electron chi connectivity index (χ1n) is 0.651. The van der Waals surface area contributed by atoms with Crippen LogP contribution in [0.25, 0.3) is 0 Å². The van der Waals surface area contributed by atoms with Crippen molar-refractivity contribution >= 4 is 6.16 Å². The van der Waals surface area contributed by atoms with E-state index in [9.17, 15) is 0 Å². The molecule has 0 aromatic heterocycles. The largest absolute Gasteiger partial charge is 1.00 e. The van der Waals surface area contributed by atoms with Gasteiger partial charge in [0.2, 0.25) is 0 Å². The zero-order chi connectivity index (χ0) is 3.58. The fraction of sp³-hybridized carbons (Fsp3) is 0. The maximum Gasteiger partial charge on any atom is 1.00 e. The first-order valence-corrected chi connectivity index (χ1v) is 0.651. The van der Waals surface area contributed by atoms with Gasteiger partial charge in [-0.2, -0.15) is 0 Å². The predicted octanol–water partition coefficient (Wildman–Crippen LogP) is -11.8. The van der Waals surface area contributed by atoms with Gasteiger partial charge < -0.3 is 35.0 Å². The summed E-state index contributed by atoms with van der Waals surface area (Å²) in [5.41, 5.74) is 0.